The standard InChI is InChI=1S/C23H34O8.C16H22O11.C6H12O6.3CH4/c1-22(2,3)20(26)29-13-15-16(24)18(31-21(27)23(4,5)6)17(25)19(30-15)28-12-14-10-8-7-9-11-14;1-7(17)22-6-12-13(23-8(2)18)14(24-9(3)19)15(25-10(4)20)16(27-12)26-11(5)21;7-1-2-3(8)4(9)5(10)6(11)12-2;;;/h7-11,15-19,24-25H,12-13H2,1-6H3;12-16H,6H2,1-5H3;2-11H,1H2;3*1H4/t15?,16-,17?,18-,19+;12?,13-,14-,15?,16+;2?,3-,4-,5?,6?;;;/m000.../s1. The van der Waals surface area contributed by atoms with Crippen molar-refractivity contribution in [2.45, 2.75) is 197 Å². The number of esters is 7. The predicted octanol–water partition coefficient (Wildman–Crippen LogP) is 0.517. The Morgan fingerprint density at radius 2 is 0.959 bits per heavy atom. The van der Waals surface area contributed by atoms with Gasteiger partial charge in [0.15, 0.2) is 30.9 Å². The fourth-order valence-electron chi connectivity index (χ4n) is 6.27. The summed E-state index contributed by atoms with van der Waals surface area (Å²) in [6.07, 6.45) is -20.1. The molecule has 3 fully saturated rings. The Kier molecular flexibility index (Phi) is 30.5. The summed E-state index contributed by atoms with van der Waals surface area (Å²) in [7, 11) is 0. The Bertz CT molecular complexity index is 1860. The van der Waals surface area contributed by atoms with Gasteiger partial charge in [0.1, 0.15) is 62.0 Å². The van der Waals surface area contributed by atoms with Crippen LogP contribution in [-0.4, -0.2) is 189 Å². The molecule has 422 valence electrons. The molecule has 0 radical (unpaired) electrons. The minimum atomic E-state index is -1.57. The van der Waals surface area contributed by atoms with Crippen LogP contribution in [0.15, 0.2) is 30.3 Å². The molecule has 25 nitrogen and oxygen atoms in total. The first-order valence-electron chi connectivity index (χ1n) is 21.9. The topological polar surface area (TPSA) is 363 Å². The Morgan fingerprint density at radius 3 is 1.44 bits per heavy atom. The van der Waals surface area contributed by atoms with E-state index in [0.29, 0.717) is 0 Å². The molecule has 0 amide bonds. The van der Waals surface area contributed by atoms with Crippen LogP contribution in [0.4, 0.5) is 0 Å². The molecule has 1 aromatic rings. The summed E-state index contributed by atoms with van der Waals surface area (Å²) < 4.78 is 57.5. The van der Waals surface area contributed by atoms with Crippen molar-refractivity contribution in [1.29, 1.82) is 0 Å². The van der Waals surface area contributed by atoms with Crippen LogP contribution in [0.3, 0.4) is 0 Å². The van der Waals surface area contributed by atoms with Gasteiger partial charge in [-0.3, -0.25) is 33.6 Å². The molecular formula is C48H80O25. The Morgan fingerprint density at radius 1 is 0.479 bits per heavy atom. The second kappa shape index (κ2) is 31.7. The fraction of sp³-hybridized carbons (Fsp3) is 0.729. The maximum Gasteiger partial charge on any atom is 0.311 e. The van der Waals surface area contributed by atoms with Gasteiger partial charge in [0.25, 0.3) is 0 Å². The predicted molar refractivity (Wildman–Crippen MR) is 252 cm³/mol. The van der Waals surface area contributed by atoms with E-state index in [0.717, 1.165) is 40.2 Å². The molecular weight excluding hydrogens is 977 g/mol. The van der Waals surface area contributed by atoms with Crippen LogP contribution < -0.4 is 0 Å². The maximum atomic E-state index is 12.4. The van der Waals surface area contributed by atoms with Gasteiger partial charge in [-0.1, -0.05) is 52.6 Å². The van der Waals surface area contributed by atoms with Crippen LogP contribution in [0.1, 0.15) is 104 Å². The normalized spacial score (nSPS) is 29.5. The number of carbonyl (C=O) groups is 7. The molecule has 0 spiro atoms. The molecule has 25 heteroatoms. The summed E-state index contributed by atoms with van der Waals surface area (Å²) in [6, 6.07) is 9.27. The average Bonchev–Trinajstić information content (AvgIpc) is 3.25. The van der Waals surface area contributed by atoms with Gasteiger partial charge >= 0.3 is 41.8 Å². The molecule has 7 N–H and O–H groups in total. The van der Waals surface area contributed by atoms with Gasteiger partial charge in [-0.15, -0.1) is 0 Å². The molecule has 0 bridgehead atoms. The zero-order valence-corrected chi connectivity index (χ0v) is 40.9. The molecule has 4 rings (SSSR count). The summed E-state index contributed by atoms with van der Waals surface area (Å²) in [5.74, 6) is -4.78. The van der Waals surface area contributed by atoms with Crippen LogP contribution in [0, 0.1) is 10.8 Å². The molecule has 3 heterocycles. The molecule has 3 saturated heterocycles. The minimum Gasteiger partial charge on any atom is -0.463 e. The van der Waals surface area contributed by atoms with E-state index >= 15 is 0 Å². The second-order valence-corrected chi connectivity index (χ2v) is 18.2. The van der Waals surface area contributed by atoms with Crippen molar-refractivity contribution in [3.8, 4) is 0 Å². The number of rotatable bonds is 13. The third-order valence-electron chi connectivity index (χ3n) is 9.84. The van der Waals surface area contributed by atoms with Gasteiger partial charge in [-0.05, 0) is 47.1 Å². The molecule has 3 aliphatic heterocycles. The zero-order chi connectivity index (χ0) is 53.4. The lowest BCUT2D eigenvalue weighted by molar-refractivity contribution is -0.308. The first-order valence-corrected chi connectivity index (χ1v) is 21.9. The van der Waals surface area contributed by atoms with E-state index in [1.54, 1.807) is 41.5 Å². The van der Waals surface area contributed by atoms with E-state index < -0.39 is 158 Å². The maximum absolute atomic E-state index is 12.4. The zero-order valence-electron chi connectivity index (χ0n) is 40.9. The summed E-state index contributed by atoms with van der Waals surface area (Å²) >= 11 is 0. The van der Waals surface area contributed by atoms with Crippen LogP contribution >= 0.6 is 0 Å². The lowest BCUT2D eigenvalue weighted by Crippen LogP contribution is -2.63. The number of aliphatic hydroxyl groups excluding tert-OH is 7. The molecule has 7 unspecified atom stereocenters. The summed E-state index contributed by atoms with van der Waals surface area (Å²) in [6.45, 7) is 14.6. The Labute approximate surface area is 426 Å². The van der Waals surface area contributed by atoms with Crippen LogP contribution in [0.5, 0.6) is 0 Å². The number of benzene rings is 1. The van der Waals surface area contributed by atoms with Crippen LogP contribution in [0.25, 0.3) is 0 Å². The number of hydrogen-bond acceptors (Lipinski definition) is 25. The van der Waals surface area contributed by atoms with E-state index in [1.165, 1.54) is 0 Å². The fourth-order valence-corrected chi connectivity index (χ4v) is 6.27. The summed E-state index contributed by atoms with van der Waals surface area (Å²) in [4.78, 5) is 81.5. The second-order valence-electron chi connectivity index (χ2n) is 18.2. The highest BCUT2D eigenvalue weighted by atomic mass is 16.8. The van der Waals surface area contributed by atoms with E-state index in [9.17, 15) is 43.8 Å². The van der Waals surface area contributed by atoms with Crippen molar-refractivity contribution in [1.82, 2.24) is 0 Å². The molecule has 0 aliphatic carbocycles. The molecule has 0 aromatic heterocycles. The van der Waals surface area contributed by atoms with E-state index in [4.69, 9.17) is 72.9 Å². The van der Waals surface area contributed by atoms with Crippen molar-refractivity contribution < 1.29 is 121 Å². The van der Waals surface area contributed by atoms with Crippen molar-refractivity contribution in [2.75, 3.05) is 19.8 Å². The third kappa shape index (κ3) is 22.6. The number of hydrogen-bond donors (Lipinski definition) is 7. The number of ether oxygens (including phenoxy) is 11. The van der Waals surface area contributed by atoms with Gasteiger partial charge in [-0.25, -0.2) is 0 Å². The summed E-state index contributed by atoms with van der Waals surface area (Å²) in [5.41, 5.74) is -0.726. The summed E-state index contributed by atoms with van der Waals surface area (Å²) in [5, 5.41) is 66.1. The van der Waals surface area contributed by atoms with Gasteiger partial charge in [0, 0.05) is 34.6 Å². The van der Waals surface area contributed by atoms with Crippen LogP contribution in [0.2, 0.25) is 0 Å². The highest BCUT2D eigenvalue weighted by molar-refractivity contribution is 5.76. The third-order valence-corrected chi connectivity index (χ3v) is 9.84. The van der Waals surface area contributed by atoms with Crippen molar-refractivity contribution in [3.05, 3.63) is 35.9 Å². The van der Waals surface area contributed by atoms with E-state index in [-0.39, 0.29) is 35.5 Å². The molecule has 0 saturated carbocycles. The average molecular weight is 1060 g/mol. The quantitative estimate of drug-likeness (QED) is 0.105. The molecule has 73 heavy (non-hydrogen) atoms. The van der Waals surface area contributed by atoms with E-state index in [1.807, 2.05) is 30.3 Å². The van der Waals surface area contributed by atoms with Gasteiger partial charge in [0.2, 0.25) is 12.4 Å². The smallest absolute Gasteiger partial charge is 0.311 e. The van der Waals surface area contributed by atoms with Crippen molar-refractivity contribution in [3.63, 3.8) is 0 Å². The van der Waals surface area contributed by atoms with Crippen molar-refractivity contribution >= 4 is 41.8 Å². The number of carbonyl (C=O) groups excluding carboxylic acids is 7. The lowest BCUT2D eigenvalue weighted by Gasteiger charge is -2.43. The monoisotopic (exact) mass is 1060 g/mol. The number of aliphatic hydroxyl groups is 7. The van der Waals surface area contributed by atoms with Crippen molar-refractivity contribution in [2.24, 2.45) is 10.8 Å². The van der Waals surface area contributed by atoms with Gasteiger partial charge in [0.05, 0.1) is 24.0 Å². The van der Waals surface area contributed by atoms with Gasteiger partial charge in [-0.2, -0.15) is 0 Å². The SMILES string of the molecule is C.C.C.CC(=O)OCC1O[C@@H](OC(C)=O)C(OC(C)=O)[C@@H](OC(C)=O)[C@H]1OC(C)=O.CC(C)(C)C(=O)OCC1O[C@@H](OCc2ccccc2)C(O)[C@@H](OC(=O)C(C)(C)C)[C@H]1O.OCC1OC(O)C(O)[C@@H](O)[C@H]1O. The Balaban J connectivity index is 0. The molecule has 15 atom stereocenters. The molecule has 1 aromatic carbocycles. The Hall–Kier alpha value is -4.93. The van der Waals surface area contributed by atoms with E-state index in [2.05, 4.69) is 4.74 Å². The molecule has 3 aliphatic rings. The van der Waals surface area contributed by atoms with Crippen LogP contribution in [-0.2, 0) is 92.3 Å². The largest absolute Gasteiger partial charge is 0.463 e. The van der Waals surface area contributed by atoms with Gasteiger partial charge < -0.3 is 87.9 Å². The lowest BCUT2D eigenvalue weighted by atomic mass is 9.95. The highest BCUT2D eigenvalue weighted by Crippen LogP contribution is 2.31. The first-order chi connectivity index (χ1) is 32.4. The first kappa shape index (κ1) is 70.1. The highest BCUT2D eigenvalue weighted by Gasteiger charge is 2.54. The minimum absolute atomic E-state index is 0.